The zero-order valence-corrected chi connectivity index (χ0v) is 15.5. The smallest absolute Gasteiger partial charge is 0.293 e. The van der Waals surface area contributed by atoms with Crippen LogP contribution in [0.1, 0.15) is 32.6 Å². The lowest BCUT2D eigenvalue weighted by atomic mass is 9.95. The molecule has 1 heterocycles. The number of piperidine rings is 1. The Kier molecular flexibility index (Phi) is 6.54. The normalized spacial score (nSPS) is 17.8. The number of likely N-dealkylation sites (tertiary alicyclic amines) is 1. The van der Waals surface area contributed by atoms with Gasteiger partial charge in [0.2, 0.25) is 15.9 Å². The maximum Gasteiger partial charge on any atom is 0.293 e. The van der Waals surface area contributed by atoms with E-state index >= 15 is 0 Å². The predicted octanol–water partition coefficient (Wildman–Crippen LogP) is 1.69. The number of carbonyl (C=O) groups is 1. The van der Waals surface area contributed by atoms with Crippen molar-refractivity contribution in [3.8, 4) is 0 Å². The number of nitrogens with two attached hydrogens (primary N) is 1. The number of nitrogens with zero attached hydrogens (tertiary/aromatic N) is 2. The van der Waals surface area contributed by atoms with Crippen LogP contribution in [-0.2, 0) is 14.8 Å². The molecule has 0 spiro atoms. The Labute approximate surface area is 152 Å². The molecule has 1 aromatic carbocycles. The third kappa shape index (κ3) is 5.15. The number of amides is 1. The molecule has 1 amide bonds. The minimum absolute atomic E-state index is 0.0134. The van der Waals surface area contributed by atoms with Gasteiger partial charge in [0.25, 0.3) is 5.69 Å². The Balaban J connectivity index is 1.98. The van der Waals surface area contributed by atoms with Gasteiger partial charge in [0.15, 0.2) is 0 Å². The Morgan fingerprint density at radius 1 is 1.46 bits per heavy atom. The molecule has 1 aromatic rings. The molecule has 9 nitrogen and oxygen atoms in total. The molecule has 0 radical (unpaired) electrons. The topological polar surface area (TPSA) is 136 Å². The van der Waals surface area contributed by atoms with Gasteiger partial charge in [-0.1, -0.05) is 13.3 Å². The molecule has 1 saturated heterocycles. The van der Waals surface area contributed by atoms with Crippen LogP contribution in [0, 0.1) is 16.0 Å². The first-order valence-electron chi connectivity index (χ1n) is 8.55. The van der Waals surface area contributed by atoms with Crippen LogP contribution in [0.25, 0.3) is 0 Å². The van der Waals surface area contributed by atoms with Gasteiger partial charge in [-0.15, -0.1) is 0 Å². The molecule has 0 aliphatic carbocycles. The molecular formula is C16H24N4O5S. The zero-order valence-electron chi connectivity index (χ0n) is 14.7. The molecule has 0 saturated carbocycles. The summed E-state index contributed by atoms with van der Waals surface area (Å²) >= 11 is 0. The summed E-state index contributed by atoms with van der Waals surface area (Å²) in [7, 11) is -4.02. The van der Waals surface area contributed by atoms with Gasteiger partial charge < -0.3 is 10.2 Å². The minimum atomic E-state index is -4.02. The molecule has 144 valence electrons. The monoisotopic (exact) mass is 384 g/mol. The van der Waals surface area contributed by atoms with Gasteiger partial charge in [-0.2, -0.15) is 0 Å². The fraction of sp³-hybridized carbons (Fsp3) is 0.562. The molecule has 1 unspecified atom stereocenters. The largest absolute Gasteiger partial charge is 0.379 e. The van der Waals surface area contributed by atoms with Gasteiger partial charge in [-0.05, 0) is 30.9 Å². The highest BCUT2D eigenvalue weighted by molar-refractivity contribution is 7.89. The van der Waals surface area contributed by atoms with Crippen LogP contribution in [0.2, 0.25) is 0 Å². The van der Waals surface area contributed by atoms with Gasteiger partial charge in [-0.3, -0.25) is 14.9 Å². The summed E-state index contributed by atoms with van der Waals surface area (Å²) in [5, 5.41) is 19.0. The summed E-state index contributed by atoms with van der Waals surface area (Å²) in [6.45, 7) is 3.85. The average molecular weight is 384 g/mol. The lowest BCUT2D eigenvalue weighted by Gasteiger charge is -2.32. The first kappa shape index (κ1) is 20.1. The van der Waals surface area contributed by atoms with Gasteiger partial charge in [-0.25, -0.2) is 13.6 Å². The van der Waals surface area contributed by atoms with Gasteiger partial charge in [0.05, 0.1) is 9.82 Å². The Hall–Kier alpha value is -2.20. The minimum Gasteiger partial charge on any atom is -0.379 e. The lowest BCUT2D eigenvalue weighted by molar-refractivity contribution is -0.384. The van der Waals surface area contributed by atoms with Crippen LogP contribution in [0.3, 0.4) is 0 Å². The van der Waals surface area contributed by atoms with E-state index in [1.165, 1.54) is 12.1 Å². The van der Waals surface area contributed by atoms with Crippen LogP contribution in [-0.4, -0.2) is 43.8 Å². The first-order valence-corrected chi connectivity index (χ1v) is 10.1. The SMILES string of the molecule is CCC1CCCN(C(=O)CCNc2ccc(S(N)(=O)=O)cc2[N+](=O)[O-])C1. The van der Waals surface area contributed by atoms with Crippen molar-refractivity contribution >= 4 is 27.3 Å². The number of primary sulfonamides is 1. The summed E-state index contributed by atoms with van der Waals surface area (Å²) in [4.78, 5) is 24.3. The number of carbonyl (C=O) groups excluding carboxylic acids is 1. The van der Waals surface area contributed by atoms with E-state index in [0.29, 0.717) is 5.92 Å². The van der Waals surface area contributed by atoms with Gasteiger partial charge in [0.1, 0.15) is 5.69 Å². The van der Waals surface area contributed by atoms with E-state index < -0.39 is 20.6 Å². The lowest BCUT2D eigenvalue weighted by Crippen LogP contribution is -2.40. The summed E-state index contributed by atoms with van der Waals surface area (Å²) in [6, 6.07) is 3.40. The Morgan fingerprint density at radius 2 is 2.19 bits per heavy atom. The maximum absolute atomic E-state index is 12.3. The molecular weight excluding hydrogens is 360 g/mol. The van der Waals surface area contributed by atoms with Crippen molar-refractivity contribution in [3.05, 3.63) is 28.3 Å². The molecule has 10 heteroatoms. The number of hydrogen-bond acceptors (Lipinski definition) is 6. The molecule has 1 aliphatic rings. The van der Waals surface area contributed by atoms with Crippen LogP contribution in [0.4, 0.5) is 11.4 Å². The van der Waals surface area contributed by atoms with Crippen LogP contribution in [0.15, 0.2) is 23.1 Å². The van der Waals surface area contributed by atoms with Gasteiger partial charge >= 0.3 is 0 Å². The highest BCUT2D eigenvalue weighted by atomic mass is 32.2. The number of anilines is 1. The number of nitro benzene ring substituents is 1. The first-order chi connectivity index (χ1) is 12.2. The zero-order chi connectivity index (χ0) is 19.3. The molecule has 3 N–H and O–H groups in total. The fourth-order valence-corrected chi connectivity index (χ4v) is 3.61. The molecule has 26 heavy (non-hydrogen) atoms. The maximum atomic E-state index is 12.3. The number of nitrogens with one attached hydrogen (secondary N) is 1. The van der Waals surface area contributed by atoms with Crippen molar-refractivity contribution in [1.29, 1.82) is 0 Å². The second kappa shape index (κ2) is 8.45. The van der Waals surface area contributed by atoms with E-state index in [-0.39, 0.29) is 29.5 Å². The van der Waals surface area contributed by atoms with Crippen LogP contribution in [0.5, 0.6) is 0 Å². The molecule has 0 aromatic heterocycles. The third-order valence-electron chi connectivity index (χ3n) is 4.60. The molecule has 0 bridgehead atoms. The number of nitro groups is 1. The molecule has 1 atom stereocenters. The average Bonchev–Trinajstić information content (AvgIpc) is 2.60. The van der Waals surface area contributed by atoms with Crippen molar-refractivity contribution in [2.45, 2.75) is 37.5 Å². The number of sulfonamides is 1. The van der Waals surface area contributed by atoms with E-state index in [4.69, 9.17) is 5.14 Å². The van der Waals surface area contributed by atoms with Crippen molar-refractivity contribution in [2.75, 3.05) is 25.0 Å². The second-order valence-electron chi connectivity index (χ2n) is 6.41. The van der Waals surface area contributed by atoms with E-state index in [9.17, 15) is 23.3 Å². The standard InChI is InChI=1S/C16H24N4O5S/c1-2-12-4-3-9-19(11-12)16(21)7-8-18-14-6-5-13(26(17,24)25)10-15(14)20(22)23/h5-6,10,12,18H,2-4,7-9,11H2,1H3,(H2,17,24,25). The van der Waals surface area contributed by atoms with Crippen molar-refractivity contribution < 1.29 is 18.1 Å². The molecule has 1 aliphatic heterocycles. The summed E-state index contributed by atoms with van der Waals surface area (Å²) in [5.74, 6) is 0.548. The van der Waals surface area contributed by atoms with Crippen molar-refractivity contribution in [3.63, 3.8) is 0 Å². The van der Waals surface area contributed by atoms with Gasteiger partial charge in [0, 0.05) is 32.1 Å². The number of rotatable bonds is 7. The third-order valence-corrected chi connectivity index (χ3v) is 5.51. The Morgan fingerprint density at radius 3 is 2.81 bits per heavy atom. The molecule has 2 rings (SSSR count). The van der Waals surface area contributed by atoms with Crippen molar-refractivity contribution in [2.24, 2.45) is 11.1 Å². The predicted molar refractivity (Wildman–Crippen MR) is 97.2 cm³/mol. The Bertz CT molecular complexity index is 781. The van der Waals surface area contributed by atoms with E-state index in [2.05, 4.69) is 12.2 Å². The summed E-state index contributed by atoms with van der Waals surface area (Å²) in [5.41, 5.74) is -0.242. The highest BCUT2D eigenvalue weighted by Gasteiger charge is 2.23. The fourth-order valence-electron chi connectivity index (χ4n) is 3.08. The van der Waals surface area contributed by atoms with E-state index in [1.807, 2.05) is 4.90 Å². The summed E-state index contributed by atoms with van der Waals surface area (Å²) < 4.78 is 22.7. The quantitative estimate of drug-likeness (QED) is 0.542. The second-order valence-corrected chi connectivity index (χ2v) is 7.98. The highest BCUT2D eigenvalue weighted by Crippen LogP contribution is 2.27. The summed E-state index contributed by atoms with van der Waals surface area (Å²) in [6.07, 6.45) is 3.40. The number of benzene rings is 1. The van der Waals surface area contributed by atoms with Crippen molar-refractivity contribution in [1.82, 2.24) is 4.90 Å². The van der Waals surface area contributed by atoms with E-state index in [1.54, 1.807) is 0 Å². The van der Waals surface area contributed by atoms with Crippen LogP contribution < -0.4 is 10.5 Å². The molecule has 1 fully saturated rings. The number of hydrogen-bond donors (Lipinski definition) is 2. The van der Waals surface area contributed by atoms with E-state index in [0.717, 1.165) is 38.4 Å². The van der Waals surface area contributed by atoms with Crippen LogP contribution >= 0.6 is 0 Å².